The summed E-state index contributed by atoms with van der Waals surface area (Å²) in [5, 5.41) is 0. The van der Waals surface area contributed by atoms with Crippen molar-refractivity contribution >= 4 is 5.91 Å². The van der Waals surface area contributed by atoms with Gasteiger partial charge in [-0.2, -0.15) is 0 Å². The quantitative estimate of drug-likeness (QED) is 0.805. The first-order valence-corrected chi connectivity index (χ1v) is 7.93. The summed E-state index contributed by atoms with van der Waals surface area (Å²) in [5.41, 5.74) is 2.71. The van der Waals surface area contributed by atoms with Crippen molar-refractivity contribution in [2.75, 3.05) is 6.54 Å². The fourth-order valence-corrected chi connectivity index (χ4v) is 2.89. The minimum Gasteiger partial charge on any atom is -0.457 e. The molecular formula is C19H17N3O2. The third-order valence-corrected chi connectivity index (χ3v) is 4.12. The van der Waals surface area contributed by atoms with Gasteiger partial charge in [-0.05, 0) is 30.3 Å². The number of nitrogens with zero attached hydrogens (tertiary/aromatic N) is 2. The molecule has 0 radical (unpaired) electrons. The highest BCUT2D eigenvalue weighted by Gasteiger charge is 2.23. The van der Waals surface area contributed by atoms with Gasteiger partial charge in [0.25, 0.3) is 5.91 Å². The topological polar surface area (TPSA) is 58.2 Å². The van der Waals surface area contributed by atoms with E-state index in [4.69, 9.17) is 4.74 Å². The molecule has 5 nitrogen and oxygen atoms in total. The number of nitrogens with one attached hydrogen (secondary N) is 1. The smallest absolute Gasteiger partial charge is 0.254 e. The van der Waals surface area contributed by atoms with Gasteiger partial charge in [-0.25, -0.2) is 4.98 Å². The van der Waals surface area contributed by atoms with E-state index in [9.17, 15) is 4.79 Å². The summed E-state index contributed by atoms with van der Waals surface area (Å²) >= 11 is 0. The van der Waals surface area contributed by atoms with Crippen LogP contribution in [0.2, 0.25) is 0 Å². The molecule has 3 aromatic rings. The zero-order valence-electron chi connectivity index (χ0n) is 13.1. The summed E-state index contributed by atoms with van der Waals surface area (Å²) < 4.78 is 5.81. The number of hydrogen-bond donors (Lipinski definition) is 1. The van der Waals surface area contributed by atoms with Gasteiger partial charge in [0.2, 0.25) is 0 Å². The van der Waals surface area contributed by atoms with E-state index < -0.39 is 0 Å². The number of hydrogen-bond acceptors (Lipinski definition) is 3. The molecule has 24 heavy (non-hydrogen) atoms. The minimum atomic E-state index is 0.00811. The van der Waals surface area contributed by atoms with Gasteiger partial charge in [-0.3, -0.25) is 4.79 Å². The van der Waals surface area contributed by atoms with Crippen molar-refractivity contribution in [3.05, 3.63) is 77.9 Å². The van der Waals surface area contributed by atoms with Gasteiger partial charge in [0.1, 0.15) is 11.5 Å². The van der Waals surface area contributed by atoms with Crippen molar-refractivity contribution in [2.45, 2.75) is 13.0 Å². The second kappa shape index (κ2) is 6.20. The lowest BCUT2D eigenvalue weighted by atomic mass is 10.1. The predicted molar refractivity (Wildman–Crippen MR) is 90.0 cm³/mol. The third-order valence-electron chi connectivity index (χ3n) is 4.12. The third kappa shape index (κ3) is 2.88. The zero-order valence-corrected chi connectivity index (χ0v) is 13.1. The van der Waals surface area contributed by atoms with Crippen LogP contribution < -0.4 is 4.74 Å². The van der Waals surface area contributed by atoms with E-state index in [1.54, 1.807) is 12.4 Å². The second-order valence-corrected chi connectivity index (χ2v) is 5.75. The Balaban J connectivity index is 1.52. The van der Waals surface area contributed by atoms with Crippen molar-refractivity contribution in [3.63, 3.8) is 0 Å². The molecule has 1 aliphatic heterocycles. The van der Waals surface area contributed by atoms with Gasteiger partial charge in [-0.15, -0.1) is 0 Å². The number of aromatic amines is 1. The molecule has 1 aliphatic rings. The molecule has 120 valence electrons. The van der Waals surface area contributed by atoms with Crippen LogP contribution in [0.15, 0.2) is 60.9 Å². The number of carbonyl (C=O) groups excluding carboxylic acids is 1. The van der Waals surface area contributed by atoms with Crippen molar-refractivity contribution in [1.82, 2.24) is 14.9 Å². The summed E-state index contributed by atoms with van der Waals surface area (Å²) in [5.74, 6) is 1.42. The van der Waals surface area contributed by atoms with Crippen molar-refractivity contribution in [1.29, 1.82) is 0 Å². The molecule has 0 unspecified atom stereocenters. The highest BCUT2D eigenvalue weighted by molar-refractivity contribution is 5.94. The largest absolute Gasteiger partial charge is 0.457 e. The molecule has 0 saturated heterocycles. The SMILES string of the molecule is O=C(c1cccc(Oc2ccccc2)c1)N1CCc2nc[nH]c2C1. The van der Waals surface area contributed by atoms with Crippen LogP contribution in [0.4, 0.5) is 0 Å². The number of carbonyl (C=O) groups is 1. The Morgan fingerprint density at radius 1 is 1.08 bits per heavy atom. The van der Waals surface area contributed by atoms with Gasteiger partial charge in [0.05, 0.1) is 24.3 Å². The maximum Gasteiger partial charge on any atom is 0.254 e. The maximum atomic E-state index is 12.8. The fraction of sp³-hybridized carbons (Fsp3) is 0.158. The summed E-state index contributed by atoms with van der Waals surface area (Å²) in [6.45, 7) is 1.25. The van der Waals surface area contributed by atoms with Gasteiger partial charge < -0.3 is 14.6 Å². The standard InChI is InChI=1S/C19H17N3O2/c23-19(22-10-9-17-18(12-22)21-13-20-17)14-5-4-8-16(11-14)24-15-6-2-1-3-7-15/h1-8,11,13H,9-10,12H2,(H,20,21). The number of H-pyrrole nitrogens is 1. The molecular weight excluding hydrogens is 302 g/mol. The van der Waals surface area contributed by atoms with Crippen molar-refractivity contribution in [3.8, 4) is 11.5 Å². The van der Waals surface area contributed by atoms with Crippen LogP contribution in [0.1, 0.15) is 21.7 Å². The molecule has 2 aromatic carbocycles. The Morgan fingerprint density at radius 3 is 2.79 bits per heavy atom. The molecule has 1 amide bonds. The minimum absolute atomic E-state index is 0.00811. The van der Waals surface area contributed by atoms with Crippen LogP contribution in [0.3, 0.4) is 0 Å². The summed E-state index contributed by atoms with van der Waals surface area (Å²) in [6, 6.07) is 16.9. The highest BCUT2D eigenvalue weighted by atomic mass is 16.5. The summed E-state index contributed by atoms with van der Waals surface area (Å²) in [7, 11) is 0. The number of imidazole rings is 1. The average molecular weight is 319 g/mol. The predicted octanol–water partition coefficient (Wildman–Crippen LogP) is 3.40. The molecule has 0 aliphatic carbocycles. The highest BCUT2D eigenvalue weighted by Crippen LogP contribution is 2.23. The second-order valence-electron chi connectivity index (χ2n) is 5.75. The zero-order chi connectivity index (χ0) is 16.4. The number of ether oxygens (including phenoxy) is 1. The Labute approximate surface area is 139 Å². The van der Waals surface area contributed by atoms with Crippen molar-refractivity contribution < 1.29 is 9.53 Å². The number of rotatable bonds is 3. The number of fused-ring (bicyclic) bond motifs is 1. The molecule has 1 aromatic heterocycles. The Morgan fingerprint density at radius 2 is 1.92 bits per heavy atom. The van der Waals surface area contributed by atoms with E-state index in [-0.39, 0.29) is 5.91 Å². The van der Waals surface area contributed by atoms with Gasteiger partial charge in [-0.1, -0.05) is 24.3 Å². The van der Waals surface area contributed by atoms with Crippen LogP contribution in [-0.2, 0) is 13.0 Å². The number of aromatic nitrogens is 2. The van der Waals surface area contributed by atoms with Crippen LogP contribution in [0.5, 0.6) is 11.5 Å². The summed E-state index contributed by atoms with van der Waals surface area (Å²) in [6.07, 6.45) is 2.47. The molecule has 0 fully saturated rings. The fourth-order valence-electron chi connectivity index (χ4n) is 2.89. The molecule has 0 atom stereocenters. The van der Waals surface area contributed by atoms with Crippen LogP contribution in [0.25, 0.3) is 0 Å². The van der Waals surface area contributed by atoms with E-state index in [1.165, 1.54) is 0 Å². The van der Waals surface area contributed by atoms with Crippen LogP contribution >= 0.6 is 0 Å². The van der Waals surface area contributed by atoms with E-state index in [0.717, 1.165) is 23.6 Å². The van der Waals surface area contributed by atoms with Crippen LogP contribution in [0, 0.1) is 0 Å². The first-order valence-electron chi connectivity index (χ1n) is 7.93. The Bertz CT molecular complexity index is 858. The molecule has 1 N–H and O–H groups in total. The van der Waals surface area contributed by atoms with E-state index in [0.29, 0.717) is 24.4 Å². The van der Waals surface area contributed by atoms with E-state index >= 15 is 0 Å². The molecule has 5 heteroatoms. The lowest BCUT2D eigenvalue weighted by Crippen LogP contribution is -2.36. The van der Waals surface area contributed by atoms with E-state index in [1.807, 2.05) is 53.4 Å². The number of benzene rings is 2. The summed E-state index contributed by atoms with van der Waals surface area (Å²) in [4.78, 5) is 22.0. The lowest BCUT2D eigenvalue weighted by molar-refractivity contribution is 0.0731. The van der Waals surface area contributed by atoms with Crippen LogP contribution in [-0.4, -0.2) is 27.3 Å². The van der Waals surface area contributed by atoms with E-state index in [2.05, 4.69) is 9.97 Å². The van der Waals surface area contributed by atoms with Gasteiger partial charge in [0.15, 0.2) is 0 Å². The monoisotopic (exact) mass is 319 g/mol. The number of amides is 1. The van der Waals surface area contributed by atoms with Gasteiger partial charge >= 0.3 is 0 Å². The normalized spacial score (nSPS) is 13.4. The molecule has 2 heterocycles. The van der Waals surface area contributed by atoms with Gasteiger partial charge in [0, 0.05) is 18.5 Å². The molecule has 0 spiro atoms. The average Bonchev–Trinajstić information content (AvgIpc) is 3.10. The Kier molecular flexibility index (Phi) is 3.75. The number of para-hydroxylation sites is 1. The molecule has 4 rings (SSSR count). The maximum absolute atomic E-state index is 12.8. The molecule has 0 saturated carbocycles. The van der Waals surface area contributed by atoms with Crippen molar-refractivity contribution in [2.24, 2.45) is 0 Å². The Hall–Kier alpha value is -3.08. The molecule has 0 bridgehead atoms. The lowest BCUT2D eigenvalue weighted by Gasteiger charge is -2.26. The first kappa shape index (κ1) is 14.5. The first-order chi connectivity index (χ1) is 11.8.